The van der Waals surface area contributed by atoms with E-state index < -0.39 is 24.5 Å². The number of carbonyl (C=O) groups is 3. The summed E-state index contributed by atoms with van der Waals surface area (Å²) in [7, 11) is 0. The van der Waals surface area contributed by atoms with Crippen molar-refractivity contribution in [1.82, 2.24) is 4.90 Å². The van der Waals surface area contributed by atoms with Crippen LogP contribution >= 0.6 is 15.9 Å². The fraction of sp³-hybridized carbons (Fsp3) is 0.0556. The summed E-state index contributed by atoms with van der Waals surface area (Å²) in [6.45, 7) is -0.407. The molecule has 0 aromatic heterocycles. The number of rotatable bonds is 4. The fourth-order valence-electron chi connectivity index (χ4n) is 2.27. The topological polar surface area (TPSA) is 63.7 Å². The highest BCUT2D eigenvalue weighted by molar-refractivity contribution is 9.10. The Morgan fingerprint density at radius 3 is 2.17 bits per heavy atom. The van der Waals surface area contributed by atoms with E-state index in [-0.39, 0.29) is 0 Å². The number of benzene rings is 2. The standard InChI is InChI=1S/C18H12BrNO4/c19-13-8-5-12(6-9-13)7-10-16(21)24-11-20-17(22)14-3-1-2-4-15(14)18(20)23/h1-10H,11H2/b10-7+. The van der Waals surface area contributed by atoms with Crippen molar-refractivity contribution in [2.75, 3.05) is 6.73 Å². The summed E-state index contributed by atoms with van der Waals surface area (Å²) in [6.07, 6.45) is 2.85. The molecule has 120 valence electrons. The Hall–Kier alpha value is -2.73. The lowest BCUT2D eigenvalue weighted by Crippen LogP contribution is -2.32. The van der Waals surface area contributed by atoms with Crippen molar-refractivity contribution < 1.29 is 19.1 Å². The lowest BCUT2D eigenvalue weighted by Gasteiger charge is -2.12. The number of esters is 1. The predicted molar refractivity (Wildman–Crippen MR) is 91.1 cm³/mol. The molecule has 0 fully saturated rings. The highest BCUT2D eigenvalue weighted by atomic mass is 79.9. The molecule has 0 bridgehead atoms. The van der Waals surface area contributed by atoms with Gasteiger partial charge in [0.1, 0.15) is 0 Å². The summed E-state index contributed by atoms with van der Waals surface area (Å²) in [5, 5.41) is 0. The van der Waals surface area contributed by atoms with Gasteiger partial charge in [0.25, 0.3) is 11.8 Å². The number of hydrogen-bond donors (Lipinski definition) is 0. The first kappa shape index (κ1) is 16.1. The molecular weight excluding hydrogens is 374 g/mol. The van der Waals surface area contributed by atoms with E-state index >= 15 is 0 Å². The van der Waals surface area contributed by atoms with E-state index in [0.29, 0.717) is 11.1 Å². The molecule has 2 amide bonds. The number of halogens is 1. The third-order valence-electron chi connectivity index (χ3n) is 3.50. The van der Waals surface area contributed by atoms with E-state index in [2.05, 4.69) is 15.9 Å². The van der Waals surface area contributed by atoms with Gasteiger partial charge >= 0.3 is 5.97 Å². The molecule has 2 aromatic carbocycles. The van der Waals surface area contributed by atoms with Gasteiger partial charge in [-0.15, -0.1) is 0 Å². The maximum absolute atomic E-state index is 12.1. The number of imide groups is 1. The van der Waals surface area contributed by atoms with Crippen molar-refractivity contribution in [2.24, 2.45) is 0 Å². The van der Waals surface area contributed by atoms with Crippen LogP contribution in [0.1, 0.15) is 26.3 Å². The minimum atomic E-state index is -0.630. The van der Waals surface area contributed by atoms with Crippen molar-refractivity contribution in [3.8, 4) is 0 Å². The Bertz CT molecular complexity index is 807. The van der Waals surface area contributed by atoms with Crippen LogP contribution in [0.3, 0.4) is 0 Å². The number of ether oxygens (including phenoxy) is 1. The SMILES string of the molecule is O=C(/C=C/c1ccc(Br)cc1)OCN1C(=O)c2ccccc2C1=O. The number of nitrogens with zero attached hydrogens (tertiary/aromatic N) is 1. The lowest BCUT2D eigenvalue weighted by atomic mass is 10.1. The molecule has 0 spiro atoms. The van der Waals surface area contributed by atoms with Crippen LogP contribution in [-0.2, 0) is 9.53 Å². The second-order valence-electron chi connectivity index (χ2n) is 5.06. The van der Waals surface area contributed by atoms with Gasteiger partial charge in [0, 0.05) is 10.5 Å². The number of hydrogen-bond acceptors (Lipinski definition) is 4. The first-order valence-electron chi connectivity index (χ1n) is 7.12. The Morgan fingerprint density at radius 2 is 1.58 bits per heavy atom. The lowest BCUT2D eigenvalue weighted by molar-refractivity contribution is -0.140. The second kappa shape index (κ2) is 6.80. The molecule has 24 heavy (non-hydrogen) atoms. The average Bonchev–Trinajstić information content (AvgIpc) is 2.84. The summed E-state index contributed by atoms with van der Waals surface area (Å²) in [6, 6.07) is 13.9. The van der Waals surface area contributed by atoms with Crippen molar-refractivity contribution in [3.05, 3.63) is 75.8 Å². The molecule has 5 nitrogen and oxygen atoms in total. The zero-order valence-electron chi connectivity index (χ0n) is 12.4. The highest BCUT2D eigenvalue weighted by Crippen LogP contribution is 2.22. The summed E-state index contributed by atoms with van der Waals surface area (Å²) < 4.78 is 5.93. The van der Waals surface area contributed by atoms with Crippen LogP contribution in [-0.4, -0.2) is 29.4 Å². The van der Waals surface area contributed by atoms with Crippen LogP contribution in [0.2, 0.25) is 0 Å². The van der Waals surface area contributed by atoms with Crippen molar-refractivity contribution >= 4 is 39.8 Å². The molecule has 0 aliphatic carbocycles. The van der Waals surface area contributed by atoms with Crippen molar-refractivity contribution in [2.45, 2.75) is 0 Å². The number of amides is 2. The van der Waals surface area contributed by atoms with Crippen LogP contribution in [0, 0.1) is 0 Å². The van der Waals surface area contributed by atoms with Gasteiger partial charge < -0.3 is 4.74 Å². The van der Waals surface area contributed by atoms with Crippen LogP contribution in [0.25, 0.3) is 6.08 Å². The van der Waals surface area contributed by atoms with Gasteiger partial charge in [-0.25, -0.2) is 9.69 Å². The van der Waals surface area contributed by atoms with Crippen LogP contribution in [0.5, 0.6) is 0 Å². The van der Waals surface area contributed by atoms with Gasteiger partial charge in [0.15, 0.2) is 6.73 Å². The third-order valence-corrected chi connectivity index (χ3v) is 4.02. The van der Waals surface area contributed by atoms with Gasteiger partial charge in [-0.05, 0) is 35.9 Å². The average molecular weight is 386 g/mol. The molecule has 0 radical (unpaired) electrons. The summed E-state index contributed by atoms with van der Waals surface area (Å²) >= 11 is 3.33. The molecule has 0 N–H and O–H groups in total. The molecule has 0 atom stereocenters. The number of carbonyl (C=O) groups excluding carboxylic acids is 3. The predicted octanol–water partition coefficient (Wildman–Crippen LogP) is 3.26. The van der Waals surface area contributed by atoms with E-state index in [4.69, 9.17) is 4.74 Å². The molecule has 1 heterocycles. The zero-order valence-corrected chi connectivity index (χ0v) is 14.0. The molecule has 6 heteroatoms. The minimum absolute atomic E-state index is 0.323. The molecule has 3 rings (SSSR count). The van der Waals surface area contributed by atoms with Gasteiger partial charge in [0.2, 0.25) is 0 Å². The Balaban J connectivity index is 1.60. The summed E-state index contributed by atoms with van der Waals surface area (Å²) in [5.74, 6) is -1.55. The first-order valence-corrected chi connectivity index (χ1v) is 7.91. The largest absolute Gasteiger partial charge is 0.441 e. The zero-order chi connectivity index (χ0) is 17.1. The smallest absolute Gasteiger partial charge is 0.332 e. The van der Waals surface area contributed by atoms with Crippen molar-refractivity contribution in [3.63, 3.8) is 0 Å². The van der Waals surface area contributed by atoms with E-state index in [9.17, 15) is 14.4 Å². The quantitative estimate of drug-likeness (QED) is 0.460. The summed E-state index contributed by atoms with van der Waals surface area (Å²) in [5.41, 5.74) is 1.48. The normalized spacial score (nSPS) is 13.5. The van der Waals surface area contributed by atoms with Gasteiger partial charge in [-0.3, -0.25) is 9.59 Å². The van der Waals surface area contributed by atoms with Crippen LogP contribution < -0.4 is 0 Å². The second-order valence-corrected chi connectivity index (χ2v) is 5.98. The monoisotopic (exact) mass is 385 g/mol. The molecular formula is C18H12BrNO4. The maximum Gasteiger partial charge on any atom is 0.332 e. The van der Waals surface area contributed by atoms with E-state index in [1.807, 2.05) is 24.3 Å². The highest BCUT2D eigenvalue weighted by Gasteiger charge is 2.35. The Kier molecular flexibility index (Phi) is 4.57. The minimum Gasteiger partial charge on any atom is -0.441 e. The van der Waals surface area contributed by atoms with E-state index in [0.717, 1.165) is 14.9 Å². The Morgan fingerprint density at radius 1 is 1.00 bits per heavy atom. The van der Waals surface area contributed by atoms with E-state index in [1.54, 1.807) is 30.3 Å². The first-order chi connectivity index (χ1) is 11.6. The molecule has 2 aromatic rings. The van der Waals surface area contributed by atoms with Gasteiger partial charge in [0.05, 0.1) is 11.1 Å². The Labute approximate surface area is 146 Å². The molecule has 1 aliphatic heterocycles. The summed E-state index contributed by atoms with van der Waals surface area (Å²) in [4.78, 5) is 36.9. The third kappa shape index (κ3) is 3.28. The fourth-order valence-corrected chi connectivity index (χ4v) is 2.54. The van der Waals surface area contributed by atoms with Gasteiger partial charge in [-0.2, -0.15) is 0 Å². The molecule has 0 saturated carbocycles. The van der Waals surface area contributed by atoms with Crippen LogP contribution in [0.15, 0.2) is 59.1 Å². The van der Waals surface area contributed by atoms with Gasteiger partial charge in [-0.1, -0.05) is 40.2 Å². The van der Waals surface area contributed by atoms with Crippen molar-refractivity contribution in [1.29, 1.82) is 0 Å². The van der Waals surface area contributed by atoms with E-state index in [1.165, 1.54) is 6.08 Å². The number of fused-ring (bicyclic) bond motifs is 1. The molecule has 0 unspecified atom stereocenters. The molecule has 0 saturated heterocycles. The van der Waals surface area contributed by atoms with Crippen LogP contribution in [0.4, 0.5) is 0 Å². The maximum atomic E-state index is 12.1. The molecule has 1 aliphatic rings.